The third-order valence-corrected chi connectivity index (χ3v) is 4.44. The highest BCUT2D eigenvalue weighted by Gasteiger charge is 2.10. The summed E-state index contributed by atoms with van der Waals surface area (Å²) in [5.41, 5.74) is 2.91. The normalized spacial score (nSPS) is 12.8. The fraction of sp³-hybridized carbons (Fsp3) is 0.167. The minimum Gasteiger partial charge on any atom is -0.387 e. The van der Waals surface area contributed by atoms with Crippen LogP contribution in [0.2, 0.25) is 0 Å². The summed E-state index contributed by atoms with van der Waals surface area (Å²) in [6, 6.07) is 9.77. The predicted molar refractivity (Wildman–Crippen MR) is 94.2 cm³/mol. The number of aliphatic hydroxyl groups excluding tert-OH is 1. The first-order valence-electron chi connectivity index (χ1n) is 7.34. The van der Waals surface area contributed by atoms with Crippen molar-refractivity contribution < 1.29 is 9.90 Å². The van der Waals surface area contributed by atoms with Gasteiger partial charge in [0.2, 0.25) is 5.91 Å². The molecule has 4 nitrogen and oxygen atoms in total. The summed E-state index contributed by atoms with van der Waals surface area (Å²) >= 11 is 1.58. The molecule has 0 bridgehead atoms. The van der Waals surface area contributed by atoms with E-state index in [-0.39, 0.29) is 12.5 Å². The van der Waals surface area contributed by atoms with E-state index in [2.05, 4.69) is 5.32 Å². The van der Waals surface area contributed by atoms with Crippen molar-refractivity contribution in [3.05, 3.63) is 64.5 Å². The Morgan fingerprint density at radius 1 is 1.39 bits per heavy atom. The average molecular weight is 326 g/mol. The van der Waals surface area contributed by atoms with Crippen molar-refractivity contribution >= 4 is 34.2 Å². The molecule has 1 atom stereocenters. The first-order chi connectivity index (χ1) is 11.1. The summed E-state index contributed by atoms with van der Waals surface area (Å²) < 4.78 is 2.03. The first-order valence-corrected chi connectivity index (χ1v) is 8.29. The van der Waals surface area contributed by atoms with Gasteiger partial charge in [-0.05, 0) is 57.6 Å². The van der Waals surface area contributed by atoms with Crippen LogP contribution in [0.25, 0.3) is 17.0 Å². The average Bonchev–Trinajstić information content (AvgIpc) is 3.20. The Hall–Kier alpha value is -2.37. The molecular formula is C18H18N2O2S. The number of carbonyl (C=O) groups excluding carboxylic acids is 1. The van der Waals surface area contributed by atoms with Crippen LogP contribution in [0.15, 0.2) is 53.4 Å². The van der Waals surface area contributed by atoms with Crippen molar-refractivity contribution in [3.63, 3.8) is 0 Å². The van der Waals surface area contributed by atoms with Gasteiger partial charge in [0.25, 0.3) is 0 Å². The number of thiophene rings is 1. The van der Waals surface area contributed by atoms with E-state index in [1.54, 1.807) is 17.4 Å². The van der Waals surface area contributed by atoms with Crippen LogP contribution < -0.4 is 5.32 Å². The van der Waals surface area contributed by atoms with Crippen molar-refractivity contribution in [3.8, 4) is 0 Å². The number of hydrogen-bond acceptors (Lipinski definition) is 3. The SMILES string of the molecule is Cn1ccc2cc([C@H](O)CNC(=O)/C=C/c3ccsc3)ccc21. The highest BCUT2D eigenvalue weighted by atomic mass is 32.1. The molecule has 0 radical (unpaired) electrons. The van der Waals surface area contributed by atoms with E-state index in [0.29, 0.717) is 0 Å². The largest absolute Gasteiger partial charge is 0.387 e. The molecule has 2 aromatic heterocycles. The zero-order chi connectivity index (χ0) is 16.2. The summed E-state index contributed by atoms with van der Waals surface area (Å²) in [5, 5.41) is 18.0. The number of nitrogens with zero attached hydrogens (tertiary/aromatic N) is 1. The standard InChI is InChI=1S/C18H18N2O2S/c1-20-8-6-14-10-15(3-4-16(14)20)17(21)11-19-18(22)5-2-13-7-9-23-12-13/h2-10,12,17,21H,11H2,1H3,(H,19,22)/b5-2+/t17-/m1/s1. The van der Waals surface area contributed by atoms with E-state index in [0.717, 1.165) is 22.0 Å². The molecule has 1 amide bonds. The van der Waals surface area contributed by atoms with Gasteiger partial charge < -0.3 is 15.0 Å². The number of aliphatic hydroxyl groups is 1. The zero-order valence-corrected chi connectivity index (χ0v) is 13.6. The number of aryl methyl sites for hydroxylation is 1. The van der Waals surface area contributed by atoms with Gasteiger partial charge in [-0.3, -0.25) is 4.79 Å². The Morgan fingerprint density at radius 3 is 3.04 bits per heavy atom. The minimum atomic E-state index is -0.724. The molecule has 0 aliphatic carbocycles. The molecule has 118 valence electrons. The lowest BCUT2D eigenvalue weighted by atomic mass is 10.1. The zero-order valence-electron chi connectivity index (χ0n) is 12.8. The van der Waals surface area contributed by atoms with Crippen molar-refractivity contribution in [2.24, 2.45) is 7.05 Å². The highest BCUT2D eigenvalue weighted by molar-refractivity contribution is 7.08. The van der Waals surface area contributed by atoms with Crippen LogP contribution in [0.1, 0.15) is 17.2 Å². The second kappa shape index (κ2) is 6.81. The van der Waals surface area contributed by atoms with Crippen LogP contribution >= 0.6 is 11.3 Å². The Balaban J connectivity index is 1.59. The van der Waals surface area contributed by atoms with Crippen molar-refractivity contribution in [2.45, 2.75) is 6.10 Å². The quantitative estimate of drug-likeness (QED) is 0.708. The fourth-order valence-electron chi connectivity index (χ4n) is 2.42. The number of nitrogens with one attached hydrogen (secondary N) is 1. The summed E-state index contributed by atoms with van der Waals surface area (Å²) in [7, 11) is 1.98. The number of rotatable bonds is 5. The smallest absolute Gasteiger partial charge is 0.244 e. The monoisotopic (exact) mass is 326 g/mol. The van der Waals surface area contributed by atoms with Gasteiger partial charge in [0.05, 0.1) is 6.10 Å². The molecule has 0 aliphatic heterocycles. The van der Waals surface area contributed by atoms with Crippen molar-refractivity contribution in [1.82, 2.24) is 9.88 Å². The lowest BCUT2D eigenvalue weighted by Crippen LogP contribution is -2.26. The first kappa shape index (κ1) is 15.5. The van der Waals surface area contributed by atoms with Crippen LogP contribution in [0.5, 0.6) is 0 Å². The van der Waals surface area contributed by atoms with Gasteiger partial charge in [0, 0.05) is 31.4 Å². The summed E-state index contributed by atoms with van der Waals surface area (Å²) in [6.07, 6.45) is 4.50. The molecule has 0 saturated carbocycles. The van der Waals surface area contributed by atoms with Crippen LogP contribution in [-0.4, -0.2) is 22.1 Å². The Bertz CT molecular complexity index is 834. The molecule has 23 heavy (non-hydrogen) atoms. The number of amides is 1. The van der Waals surface area contributed by atoms with Crippen LogP contribution in [0.3, 0.4) is 0 Å². The molecule has 3 aromatic rings. The van der Waals surface area contributed by atoms with Gasteiger partial charge in [0.15, 0.2) is 0 Å². The number of carbonyl (C=O) groups is 1. The number of benzene rings is 1. The molecule has 2 N–H and O–H groups in total. The van der Waals surface area contributed by atoms with E-state index in [1.165, 1.54) is 6.08 Å². The second-order valence-electron chi connectivity index (χ2n) is 5.40. The Labute approximate surface area is 138 Å². The maximum Gasteiger partial charge on any atom is 0.244 e. The van der Waals surface area contributed by atoms with Crippen LogP contribution in [0, 0.1) is 0 Å². The van der Waals surface area contributed by atoms with Gasteiger partial charge >= 0.3 is 0 Å². The topological polar surface area (TPSA) is 54.3 Å². The van der Waals surface area contributed by atoms with Crippen molar-refractivity contribution in [1.29, 1.82) is 0 Å². The van der Waals surface area contributed by atoms with Crippen LogP contribution in [0.4, 0.5) is 0 Å². The minimum absolute atomic E-state index is 0.186. The van der Waals surface area contributed by atoms with Gasteiger partial charge in [-0.25, -0.2) is 0 Å². The maximum atomic E-state index is 11.8. The third-order valence-electron chi connectivity index (χ3n) is 3.73. The summed E-state index contributed by atoms with van der Waals surface area (Å²) in [5.74, 6) is -0.212. The molecule has 5 heteroatoms. The number of aromatic nitrogens is 1. The number of fused-ring (bicyclic) bond motifs is 1. The molecular weight excluding hydrogens is 308 g/mol. The van der Waals surface area contributed by atoms with Gasteiger partial charge in [-0.2, -0.15) is 11.3 Å². The molecule has 0 aliphatic rings. The summed E-state index contributed by atoms with van der Waals surface area (Å²) in [6.45, 7) is 0.186. The van der Waals surface area contributed by atoms with E-state index in [1.807, 2.05) is 58.9 Å². The lowest BCUT2D eigenvalue weighted by Gasteiger charge is -2.12. The Kier molecular flexibility index (Phi) is 4.60. The van der Waals surface area contributed by atoms with Gasteiger partial charge in [0.1, 0.15) is 0 Å². The van der Waals surface area contributed by atoms with E-state index in [9.17, 15) is 9.90 Å². The molecule has 0 fully saturated rings. The van der Waals surface area contributed by atoms with Crippen molar-refractivity contribution in [2.75, 3.05) is 6.54 Å². The van der Waals surface area contributed by atoms with E-state index < -0.39 is 6.10 Å². The molecule has 1 aromatic carbocycles. The highest BCUT2D eigenvalue weighted by Crippen LogP contribution is 2.20. The fourth-order valence-corrected chi connectivity index (χ4v) is 3.05. The predicted octanol–water partition coefficient (Wildman–Crippen LogP) is 3.10. The van der Waals surface area contributed by atoms with Gasteiger partial charge in [-0.15, -0.1) is 0 Å². The van der Waals surface area contributed by atoms with E-state index >= 15 is 0 Å². The maximum absolute atomic E-state index is 11.8. The molecule has 3 rings (SSSR count). The number of hydrogen-bond donors (Lipinski definition) is 2. The van der Waals surface area contributed by atoms with E-state index in [4.69, 9.17) is 0 Å². The summed E-state index contributed by atoms with van der Waals surface area (Å²) in [4.78, 5) is 11.8. The van der Waals surface area contributed by atoms with Crippen LogP contribution in [-0.2, 0) is 11.8 Å². The molecule has 0 spiro atoms. The lowest BCUT2D eigenvalue weighted by molar-refractivity contribution is -0.116. The molecule has 0 saturated heterocycles. The molecule has 0 unspecified atom stereocenters. The Morgan fingerprint density at radius 2 is 2.26 bits per heavy atom. The second-order valence-corrected chi connectivity index (χ2v) is 6.18. The molecule has 2 heterocycles. The third kappa shape index (κ3) is 3.70. The van der Waals surface area contributed by atoms with Gasteiger partial charge in [-0.1, -0.05) is 6.07 Å².